The summed E-state index contributed by atoms with van der Waals surface area (Å²) < 4.78 is 1.62. The maximum Gasteiger partial charge on any atom is 0.253 e. The molecule has 0 bridgehead atoms. The zero-order valence-electron chi connectivity index (χ0n) is 12.7. The Morgan fingerprint density at radius 1 is 1.36 bits per heavy atom. The Balaban J connectivity index is 1.58. The van der Waals surface area contributed by atoms with Crippen molar-refractivity contribution >= 4 is 23.4 Å². The van der Waals surface area contributed by atoms with E-state index in [0.29, 0.717) is 17.0 Å². The van der Waals surface area contributed by atoms with Gasteiger partial charge < -0.3 is 5.32 Å². The highest BCUT2D eigenvalue weighted by atomic mass is 32.2. The molecule has 2 heterocycles. The highest BCUT2D eigenvalue weighted by Gasteiger charge is 2.21. The van der Waals surface area contributed by atoms with Gasteiger partial charge in [-0.1, -0.05) is 37.4 Å². The summed E-state index contributed by atoms with van der Waals surface area (Å²) in [6.45, 7) is 1.90. The Hall–Kier alpha value is -1.63. The standard InChI is InChI=1S/C15H21N5OS/c1-11(13(21)17-12-7-4-2-3-5-8-12)22-15-18-14-16-9-6-10-20(14)19-15/h6,9-12H,2-5,7-8H2,1H3,(H,17,21). The van der Waals surface area contributed by atoms with E-state index in [1.54, 1.807) is 23.0 Å². The maximum absolute atomic E-state index is 12.3. The number of hydrogen-bond acceptors (Lipinski definition) is 5. The van der Waals surface area contributed by atoms with Crippen LogP contribution in [-0.4, -0.2) is 36.8 Å². The molecular formula is C15H21N5OS. The number of rotatable bonds is 4. The second kappa shape index (κ2) is 7.09. The van der Waals surface area contributed by atoms with Crippen molar-refractivity contribution in [1.82, 2.24) is 24.9 Å². The first-order chi connectivity index (χ1) is 10.7. The molecule has 1 amide bonds. The lowest BCUT2D eigenvalue weighted by atomic mass is 10.1. The predicted molar refractivity (Wildman–Crippen MR) is 85.7 cm³/mol. The average molecular weight is 319 g/mol. The lowest BCUT2D eigenvalue weighted by molar-refractivity contribution is -0.121. The van der Waals surface area contributed by atoms with Gasteiger partial charge in [-0.2, -0.15) is 4.98 Å². The van der Waals surface area contributed by atoms with Gasteiger partial charge in [0.1, 0.15) is 0 Å². The number of thioether (sulfide) groups is 1. The number of hydrogen-bond donors (Lipinski definition) is 1. The van der Waals surface area contributed by atoms with Crippen LogP contribution >= 0.6 is 11.8 Å². The van der Waals surface area contributed by atoms with E-state index in [1.807, 2.05) is 6.92 Å². The van der Waals surface area contributed by atoms with Crippen LogP contribution in [-0.2, 0) is 4.79 Å². The summed E-state index contributed by atoms with van der Waals surface area (Å²) >= 11 is 1.38. The van der Waals surface area contributed by atoms with Gasteiger partial charge in [0, 0.05) is 18.4 Å². The summed E-state index contributed by atoms with van der Waals surface area (Å²) in [4.78, 5) is 20.8. The van der Waals surface area contributed by atoms with Crippen LogP contribution in [0.1, 0.15) is 45.4 Å². The molecule has 1 unspecified atom stereocenters. The quantitative estimate of drug-likeness (QED) is 0.692. The van der Waals surface area contributed by atoms with Crippen molar-refractivity contribution in [2.75, 3.05) is 0 Å². The van der Waals surface area contributed by atoms with Crippen molar-refractivity contribution in [3.05, 3.63) is 18.5 Å². The van der Waals surface area contributed by atoms with Gasteiger partial charge in [0.05, 0.1) is 5.25 Å². The first kappa shape index (κ1) is 15.3. The first-order valence-electron chi connectivity index (χ1n) is 7.87. The molecule has 1 N–H and O–H groups in total. The SMILES string of the molecule is CC(Sc1nc2ncccn2n1)C(=O)NC1CCCCCC1. The number of aromatic nitrogens is 4. The third-order valence-electron chi connectivity index (χ3n) is 3.95. The van der Waals surface area contributed by atoms with Gasteiger partial charge in [0.25, 0.3) is 5.78 Å². The van der Waals surface area contributed by atoms with Crippen molar-refractivity contribution in [1.29, 1.82) is 0 Å². The number of amides is 1. The van der Waals surface area contributed by atoms with Crippen molar-refractivity contribution in [3.8, 4) is 0 Å². The number of carbonyl (C=O) groups excluding carboxylic acids is 1. The smallest absolute Gasteiger partial charge is 0.253 e. The minimum Gasteiger partial charge on any atom is -0.352 e. The Bertz CT molecular complexity index is 603. The minimum absolute atomic E-state index is 0.0729. The largest absolute Gasteiger partial charge is 0.352 e. The predicted octanol–water partition coefficient (Wildman–Crippen LogP) is 2.44. The summed E-state index contributed by atoms with van der Waals surface area (Å²) in [7, 11) is 0. The van der Waals surface area contributed by atoms with Crippen LogP contribution in [0.25, 0.3) is 5.78 Å². The number of nitrogens with zero attached hydrogens (tertiary/aromatic N) is 4. The summed E-state index contributed by atoms with van der Waals surface area (Å²) in [5.74, 6) is 0.630. The van der Waals surface area contributed by atoms with Crippen LogP contribution < -0.4 is 5.32 Å². The summed E-state index contributed by atoms with van der Waals surface area (Å²) in [6.07, 6.45) is 10.7. The molecule has 0 saturated heterocycles. The Labute approximate surface area is 134 Å². The van der Waals surface area contributed by atoms with E-state index >= 15 is 0 Å². The van der Waals surface area contributed by atoms with Crippen molar-refractivity contribution in [2.24, 2.45) is 0 Å². The highest BCUT2D eigenvalue weighted by molar-refractivity contribution is 8.00. The highest BCUT2D eigenvalue weighted by Crippen LogP contribution is 2.22. The molecule has 1 atom stereocenters. The summed E-state index contributed by atoms with van der Waals surface area (Å²) in [6, 6.07) is 2.13. The molecular weight excluding hydrogens is 298 g/mol. The third-order valence-corrected chi connectivity index (χ3v) is 4.90. The molecule has 3 rings (SSSR count). The molecule has 0 radical (unpaired) electrons. The fourth-order valence-electron chi connectivity index (χ4n) is 2.72. The number of nitrogens with one attached hydrogen (secondary N) is 1. The van der Waals surface area contributed by atoms with E-state index in [0.717, 1.165) is 12.8 Å². The Morgan fingerprint density at radius 2 is 2.14 bits per heavy atom. The van der Waals surface area contributed by atoms with Gasteiger partial charge in [0.2, 0.25) is 11.1 Å². The van der Waals surface area contributed by atoms with Gasteiger partial charge in [-0.05, 0) is 25.8 Å². The van der Waals surface area contributed by atoms with Crippen LogP contribution in [0.15, 0.2) is 23.6 Å². The molecule has 2 aromatic rings. The zero-order valence-corrected chi connectivity index (χ0v) is 13.6. The fourth-order valence-corrected chi connectivity index (χ4v) is 3.48. The average Bonchev–Trinajstić information content (AvgIpc) is 2.74. The van der Waals surface area contributed by atoms with E-state index in [2.05, 4.69) is 20.4 Å². The van der Waals surface area contributed by atoms with Crippen molar-refractivity contribution < 1.29 is 4.79 Å². The molecule has 0 aliphatic heterocycles. The first-order valence-corrected chi connectivity index (χ1v) is 8.75. The van der Waals surface area contributed by atoms with Crippen LogP contribution in [0.3, 0.4) is 0 Å². The molecule has 6 nitrogen and oxygen atoms in total. The van der Waals surface area contributed by atoms with Gasteiger partial charge >= 0.3 is 0 Å². The molecule has 1 aliphatic rings. The van der Waals surface area contributed by atoms with E-state index in [-0.39, 0.29) is 11.2 Å². The molecule has 1 aliphatic carbocycles. The Kier molecular flexibility index (Phi) is 4.92. The van der Waals surface area contributed by atoms with E-state index in [9.17, 15) is 4.79 Å². The van der Waals surface area contributed by atoms with Gasteiger partial charge in [-0.3, -0.25) is 4.79 Å². The second-order valence-electron chi connectivity index (χ2n) is 5.72. The topological polar surface area (TPSA) is 72.2 Å². The lowest BCUT2D eigenvalue weighted by Gasteiger charge is -2.18. The number of carbonyl (C=O) groups is 1. The monoisotopic (exact) mass is 319 g/mol. The van der Waals surface area contributed by atoms with Gasteiger partial charge in [-0.25, -0.2) is 9.50 Å². The molecule has 1 saturated carbocycles. The molecule has 118 valence electrons. The van der Waals surface area contributed by atoms with Gasteiger partial charge in [0.15, 0.2) is 0 Å². The van der Waals surface area contributed by atoms with E-state index in [1.165, 1.54) is 37.4 Å². The van der Waals surface area contributed by atoms with Crippen molar-refractivity contribution in [3.63, 3.8) is 0 Å². The summed E-state index contributed by atoms with van der Waals surface area (Å²) in [5.41, 5.74) is 0. The maximum atomic E-state index is 12.3. The van der Waals surface area contributed by atoms with E-state index < -0.39 is 0 Å². The normalized spacial score (nSPS) is 18.0. The lowest BCUT2D eigenvalue weighted by Crippen LogP contribution is -2.39. The zero-order chi connectivity index (χ0) is 15.4. The molecule has 2 aromatic heterocycles. The molecule has 22 heavy (non-hydrogen) atoms. The molecule has 0 aromatic carbocycles. The van der Waals surface area contributed by atoms with Crippen LogP contribution in [0, 0.1) is 0 Å². The van der Waals surface area contributed by atoms with Gasteiger partial charge in [-0.15, -0.1) is 5.10 Å². The van der Waals surface area contributed by atoms with Crippen LogP contribution in [0.5, 0.6) is 0 Å². The second-order valence-corrected chi connectivity index (χ2v) is 7.02. The third kappa shape index (κ3) is 3.76. The van der Waals surface area contributed by atoms with Crippen molar-refractivity contribution in [2.45, 2.75) is 61.9 Å². The number of fused-ring (bicyclic) bond motifs is 1. The minimum atomic E-state index is -0.208. The van der Waals surface area contributed by atoms with Crippen LogP contribution in [0.2, 0.25) is 0 Å². The van der Waals surface area contributed by atoms with E-state index in [4.69, 9.17) is 0 Å². The molecule has 1 fully saturated rings. The Morgan fingerprint density at radius 3 is 2.86 bits per heavy atom. The molecule has 7 heteroatoms. The fraction of sp³-hybridized carbons (Fsp3) is 0.600. The molecule has 0 spiro atoms. The van der Waals surface area contributed by atoms with Crippen LogP contribution in [0.4, 0.5) is 0 Å². The summed E-state index contributed by atoms with van der Waals surface area (Å²) in [5, 5.41) is 7.88.